The predicted molar refractivity (Wildman–Crippen MR) is 118 cm³/mol. The number of carbonyl (C=O) groups is 1. The van der Waals surface area contributed by atoms with Crippen molar-refractivity contribution in [3.8, 4) is 11.4 Å². The van der Waals surface area contributed by atoms with E-state index in [1.165, 1.54) is 7.11 Å². The van der Waals surface area contributed by atoms with Gasteiger partial charge in [0.05, 0.1) is 19.0 Å². The minimum Gasteiger partial charge on any atom is -0.487 e. The first-order valence-electron chi connectivity index (χ1n) is 9.66. The van der Waals surface area contributed by atoms with E-state index < -0.39 is 5.97 Å². The van der Waals surface area contributed by atoms with Gasteiger partial charge in [0, 0.05) is 29.4 Å². The Morgan fingerprint density at radius 1 is 1.06 bits per heavy atom. The van der Waals surface area contributed by atoms with Crippen LogP contribution in [0.5, 0.6) is 5.75 Å². The fourth-order valence-corrected chi connectivity index (χ4v) is 3.38. The van der Waals surface area contributed by atoms with Crippen LogP contribution in [0.1, 0.15) is 27.2 Å². The largest absolute Gasteiger partial charge is 0.487 e. The van der Waals surface area contributed by atoms with Gasteiger partial charge in [0.1, 0.15) is 18.1 Å². The molecule has 0 spiro atoms. The lowest BCUT2D eigenvalue weighted by Crippen LogP contribution is -2.07. The lowest BCUT2D eigenvalue weighted by atomic mass is 10.0. The summed E-state index contributed by atoms with van der Waals surface area (Å²) in [4.78, 5) is 16.2. The molecule has 0 saturated heterocycles. The number of aromatic nitrogens is 3. The second-order valence-corrected chi connectivity index (χ2v) is 7.32. The fraction of sp³-hybridized carbons (Fsp3) is 0.125. The van der Waals surface area contributed by atoms with Crippen molar-refractivity contribution in [3.05, 3.63) is 107 Å². The molecule has 0 aliphatic carbocycles. The minimum atomic E-state index is -0.489. The maximum Gasteiger partial charge on any atom is 0.356 e. The van der Waals surface area contributed by atoms with Crippen LogP contribution < -0.4 is 4.74 Å². The van der Waals surface area contributed by atoms with Gasteiger partial charge in [-0.05, 0) is 47.5 Å². The zero-order valence-corrected chi connectivity index (χ0v) is 17.6. The molecule has 6 nitrogen and oxygen atoms in total. The van der Waals surface area contributed by atoms with Gasteiger partial charge < -0.3 is 9.47 Å². The summed E-state index contributed by atoms with van der Waals surface area (Å²) in [6, 6.07) is 19.1. The molecule has 0 unspecified atom stereocenters. The van der Waals surface area contributed by atoms with E-state index in [4.69, 9.17) is 21.1 Å². The van der Waals surface area contributed by atoms with Crippen LogP contribution in [0.25, 0.3) is 5.69 Å². The number of esters is 1. The number of methoxy groups -OCH3 is 1. The Kier molecular flexibility index (Phi) is 6.29. The first-order valence-corrected chi connectivity index (χ1v) is 10.0. The lowest BCUT2D eigenvalue weighted by Gasteiger charge is -2.13. The summed E-state index contributed by atoms with van der Waals surface area (Å²) in [6.07, 6.45) is 5.76. The Bertz CT molecular complexity index is 1180. The molecule has 156 valence electrons. The van der Waals surface area contributed by atoms with Crippen LogP contribution in [0.2, 0.25) is 5.02 Å². The summed E-state index contributed by atoms with van der Waals surface area (Å²) in [6.45, 7) is 0.338. The number of hydrogen-bond donors (Lipinski definition) is 0. The van der Waals surface area contributed by atoms with E-state index in [1.807, 2.05) is 60.8 Å². The first kappa shape index (κ1) is 20.6. The quantitative estimate of drug-likeness (QED) is 0.389. The molecule has 0 amide bonds. The third kappa shape index (κ3) is 5.10. The van der Waals surface area contributed by atoms with Crippen molar-refractivity contribution in [2.75, 3.05) is 7.11 Å². The summed E-state index contributed by atoms with van der Waals surface area (Å²) in [7, 11) is 1.33. The third-order valence-corrected chi connectivity index (χ3v) is 4.96. The molecule has 2 aromatic carbocycles. The number of rotatable bonds is 7. The van der Waals surface area contributed by atoms with Gasteiger partial charge in [-0.25, -0.2) is 14.5 Å². The molecule has 0 radical (unpaired) electrons. The number of benzene rings is 2. The Morgan fingerprint density at radius 3 is 2.61 bits per heavy atom. The molecule has 2 heterocycles. The number of carbonyl (C=O) groups excluding carboxylic acids is 1. The second kappa shape index (κ2) is 9.45. The summed E-state index contributed by atoms with van der Waals surface area (Å²) in [5.41, 5.74) is 4.05. The van der Waals surface area contributed by atoms with Gasteiger partial charge in [0.25, 0.3) is 0 Å². The molecule has 2 aromatic heterocycles. The highest BCUT2D eigenvalue weighted by molar-refractivity contribution is 6.30. The van der Waals surface area contributed by atoms with Crippen molar-refractivity contribution < 1.29 is 14.3 Å². The molecule has 31 heavy (non-hydrogen) atoms. The standard InChI is InChI=1S/C24H20ClN3O3/c1-30-24(29)22-14-19(12-17-6-8-21(9-7-17)28-11-3-10-27-28)23(15-26-22)31-16-18-4-2-5-20(25)13-18/h2-11,13-15H,12,16H2,1H3. The topological polar surface area (TPSA) is 66.2 Å². The molecule has 0 aliphatic heterocycles. The highest BCUT2D eigenvalue weighted by Gasteiger charge is 2.14. The van der Waals surface area contributed by atoms with Gasteiger partial charge >= 0.3 is 5.97 Å². The summed E-state index contributed by atoms with van der Waals surface area (Å²) < 4.78 is 12.6. The van der Waals surface area contributed by atoms with Crippen LogP contribution in [0.3, 0.4) is 0 Å². The average Bonchev–Trinajstić information content (AvgIpc) is 3.33. The first-order chi connectivity index (χ1) is 15.1. The van der Waals surface area contributed by atoms with Gasteiger partial charge in [0.2, 0.25) is 0 Å². The maximum absolute atomic E-state index is 12.0. The number of hydrogen-bond acceptors (Lipinski definition) is 5. The SMILES string of the molecule is COC(=O)c1cc(Cc2ccc(-n3cccn3)cc2)c(OCc2cccc(Cl)c2)cn1. The van der Waals surface area contributed by atoms with Gasteiger partial charge in [-0.1, -0.05) is 35.9 Å². The van der Waals surface area contributed by atoms with Crippen molar-refractivity contribution in [2.45, 2.75) is 13.0 Å². The smallest absolute Gasteiger partial charge is 0.356 e. The van der Waals surface area contributed by atoms with E-state index in [-0.39, 0.29) is 5.69 Å². The highest BCUT2D eigenvalue weighted by Crippen LogP contribution is 2.24. The van der Waals surface area contributed by atoms with Crippen LogP contribution in [0, 0.1) is 0 Å². The number of halogens is 1. The van der Waals surface area contributed by atoms with E-state index in [9.17, 15) is 4.79 Å². The molecule has 0 bridgehead atoms. The van der Waals surface area contributed by atoms with Crippen LogP contribution in [-0.4, -0.2) is 27.8 Å². The predicted octanol–water partition coefficient (Wildman–Crippen LogP) is 4.88. The Labute approximate surface area is 185 Å². The molecule has 4 rings (SSSR count). The second-order valence-electron chi connectivity index (χ2n) is 6.88. The average molecular weight is 434 g/mol. The molecule has 0 N–H and O–H groups in total. The van der Waals surface area contributed by atoms with Gasteiger partial charge in [-0.15, -0.1) is 0 Å². The van der Waals surface area contributed by atoms with Gasteiger partial charge in [-0.2, -0.15) is 5.10 Å². The normalized spacial score (nSPS) is 10.6. The van der Waals surface area contributed by atoms with Crippen molar-refractivity contribution in [1.29, 1.82) is 0 Å². The van der Waals surface area contributed by atoms with E-state index >= 15 is 0 Å². The van der Waals surface area contributed by atoms with Crippen LogP contribution in [-0.2, 0) is 17.8 Å². The lowest BCUT2D eigenvalue weighted by molar-refractivity contribution is 0.0593. The fourth-order valence-electron chi connectivity index (χ4n) is 3.16. The van der Waals surface area contributed by atoms with E-state index in [0.29, 0.717) is 23.8 Å². The van der Waals surface area contributed by atoms with Crippen molar-refractivity contribution in [3.63, 3.8) is 0 Å². The van der Waals surface area contributed by atoms with Crippen LogP contribution >= 0.6 is 11.6 Å². The molecule has 7 heteroatoms. The van der Waals surface area contributed by atoms with E-state index in [0.717, 1.165) is 22.4 Å². The number of pyridine rings is 1. The molecule has 0 atom stereocenters. The molecule has 0 aliphatic rings. The van der Waals surface area contributed by atoms with E-state index in [1.54, 1.807) is 23.1 Å². The molecule has 0 fully saturated rings. The summed E-state index contributed by atoms with van der Waals surface area (Å²) >= 11 is 6.06. The van der Waals surface area contributed by atoms with Crippen LogP contribution in [0.15, 0.2) is 79.3 Å². The molecule has 0 saturated carbocycles. The molecule has 4 aromatic rings. The van der Waals surface area contributed by atoms with Gasteiger partial charge in [0.15, 0.2) is 0 Å². The maximum atomic E-state index is 12.0. The molecular weight excluding hydrogens is 414 g/mol. The van der Waals surface area contributed by atoms with E-state index in [2.05, 4.69) is 10.1 Å². The Balaban J connectivity index is 1.58. The number of ether oxygens (including phenoxy) is 2. The number of nitrogens with zero attached hydrogens (tertiary/aromatic N) is 3. The molecular formula is C24H20ClN3O3. The Morgan fingerprint density at radius 2 is 1.90 bits per heavy atom. The van der Waals surface area contributed by atoms with Crippen molar-refractivity contribution in [2.24, 2.45) is 0 Å². The third-order valence-electron chi connectivity index (χ3n) is 4.73. The Hall–Kier alpha value is -3.64. The summed E-state index contributed by atoms with van der Waals surface area (Å²) in [5.74, 6) is 0.112. The summed E-state index contributed by atoms with van der Waals surface area (Å²) in [5, 5.41) is 4.89. The van der Waals surface area contributed by atoms with Crippen molar-refractivity contribution >= 4 is 17.6 Å². The zero-order chi connectivity index (χ0) is 21.6. The monoisotopic (exact) mass is 433 g/mol. The van der Waals surface area contributed by atoms with Gasteiger partial charge in [-0.3, -0.25) is 0 Å². The van der Waals surface area contributed by atoms with Crippen LogP contribution in [0.4, 0.5) is 0 Å². The van der Waals surface area contributed by atoms with Crippen molar-refractivity contribution in [1.82, 2.24) is 14.8 Å². The highest BCUT2D eigenvalue weighted by atomic mass is 35.5. The zero-order valence-electron chi connectivity index (χ0n) is 16.9. The minimum absolute atomic E-state index is 0.237.